The molecule has 0 radical (unpaired) electrons. The third-order valence-corrected chi connectivity index (χ3v) is 6.17. The van der Waals surface area contributed by atoms with Gasteiger partial charge in [-0.15, -0.1) is 0 Å². The van der Waals surface area contributed by atoms with E-state index >= 15 is 0 Å². The fourth-order valence-corrected chi connectivity index (χ4v) is 3.73. The van der Waals surface area contributed by atoms with Crippen LogP contribution in [-0.2, 0) is 14.8 Å². The summed E-state index contributed by atoms with van der Waals surface area (Å²) in [5, 5.41) is 2.59. The van der Waals surface area contributed by atoms with E-state index in [1.807, 2.05) is 0 Å². The molecule has 0 spiro atoms. The number of carbonyl (C=O) groups excluding carboxylic acids is 2. The maximum absolute atomic E-state index is 13.5. The van der Waals surface area contributed by atoms with E-state index in [1.54, 1.807) is 19.1 Å². The first-order chi connectivity index (χ1) is 13.1. The molecule has 0 aliphatic carbocycles. The van der Waals surface area contributed by atoms with Crippen LogP contribution in [0.5, 0.6) is 0 Å². The molecule has 6 nitrogen and oxygen atoms in total. The summed E-state index contributed by atoms with van der Waals surface area (Å²) in [5.41, 5.74) is 1.28. The highest BCUT2D eigenvalue weighted by Crippen LogP contribution is 2.17. The first kappa shape index (κ1) is 21.7. The predicted molar refractivity (Wildman–Crippen MR) is 105 cm³/mol. The lowest BCUT2D eigenvalue weighted by atomic mass is 10.2. The van der Waals surface area contributed by atoms with Gasteiger partial charge >= 0.3 is 0 Å². The Morgan fingerprint density at radius 2 is 1.75 bits per heavy atom. The maximum Gasteiger partial charge on any atom is 0.242 e. The number of amides is 1. The van der Waals surface area contributed by atoms with Crippen molar-refractivity contribution < 1.29 is 22.4 Å². The van der Waals surface area contributed by atoms with Crippen molar-refractivity contribution in [3.8, 4) is 0 Å². The molecule has 0 saturated carbocycles. The summed E-state index contributed by atoms with van der Waals surface area (Å²) in [7, 11) is -2.28. The van der Waals surface area contributed by atoms with Gasteiger partial charge in [0, 0.05) is 31.3 Å². The van der Waals surface area contributed by atoms with E-state index in [0.717, 1.165) is 4.31 Å². The average molecular weight is 406 g/mol. The third-order valence-electron chi connectivity index (χ3n) is 4.30. The largest absolute Gasteiger partial charge is 0.326 e. The number of benzene rings is 2. The smallest absolute Gasteiger partial charge is 0.242 e. The van der Waals surface area contributed by atoms with E-state index in [-0.39, 0.29) is 29.6 Å². The number of hydrogen-bond acceptors (Lipinski definition) is 4. The van der Waals surface area contributed by atoms with Crippen molar-refractivity contribution in [2.24, 2.45) is 0 Å². The quantitative estimate of drug-likeness (QED) is 0.681. The van der Waals surface area contributed by atoms with Crippen LogP contribution < -0.4 is 5.32 Å². The molecule has 0 atom stereocenters. The van der Waals surface area contributed by atoms with Crippen LogP contribution in [0.25, 0.3) is 0 Å². The number of nitrogens with one attached hydrogen (secondary N) is 1. The van der Waals surface area contributed by atoms with Gasteiger partial charge in [-0.1, -0.05) is 18.2 Å². The summed E-state index contributed by atoms with van der Waals surface area (Å²) in [4.78, 5) is 23.4. The Labute approximate surface area is 164 Å². The van der Waals surface area contributed by atoms with Crippen molar-refractivity contribution in [3.05, 3.63) is 59.4 Å². The highest BCUT2D eigenvalue weighted by Gasteiger charge is 2.20. The van der Waals surface area contributed by atoms with Gasteiger partial charge in [0.15, 0.2) is 5.78 Å². The molecule has 28 heavy (non-hydrogen) atoms. The number of carbonyl (C=O) groups is 2. The first-order valence-corrected chi connectivity index (χ1v) is 10.2. The number of Topliss-reactive ketones (excluding diaryl/α,β-unsaturated/α-hetero) is 1. The maximum atomic E-state index is 13.5. The number of sulfonamides is 1. The molecule has 0 aliphatic heterocycles. The number of nitrogens with zero attached hydrogens (tertiary/aromatic N) is 1. The third kappa shape index (κ3) is 5.46. The molecule has 0 unspecified atom stereocenters. The Kier molecular flexibility index (Phi) is 7.04. The van der Waals surface area contributed by atoms with E-state index in [1.165, 1.54) is 44.3 Å². The van der Waals surface area contributed by atoms with Gasteiger partial charge in [0.1, 0.15) is 5.82 Å². The highest BCUT2D eigenvalue weighted by molar-refractivity contribution is 7.89. The molecule has 0 bridgehead atoms. The lowest BCUT2D eigenvalue weighted by molar-refractivity contribution is -0.116. The van der Waals surface area contributed by atoms with Crippen LogP contribution in [0.15, 0.2) is 47.4 Å². The van der Waals surface area contributed by atoms with E-state index < -0.39 is 15.8 Å². The van der Waals surface area contributed by atoms with Crippen molar-refractivity contribution in [1.82, 2.24) is 4.31 Å². The number of rotatable bonds is 8. The van der Waals surface area contributed by atoms with E-state index in [4.69, 9.17) is 0 Å². The van der Waals surface area contributed by atoms with Gasteiger partial charge in [-0.05, 0) is 50.1 Å². The molecule has 0 heterocycles. The van der Waals surface area contributed by atoms with Crippen LogP contribution in [0, 0.1) is 12.7 Å². The monoisotopic (exact) mass is 406 g/mol. The summed E-state index contributed by atoms with van der Waals surface area (Å²) in [5.74, 6) is -0.865. The minimum atomic E-state index is -3.71. The molecule has 0 aliphatic rings. The van der Waals surface area contributed by atoms with Gasteiger partial charge in [-0.3, -0.25) is 9.59 Å². The average Bonchev–Trinajstić information content (AvgIpc) is 2.64. The second-order valence-corrected chi connectivity index (χ2v) is 8.57. The number of ketones is 1. The first-order valence-electron chi connectivity index (χ1n) is 8.74. The second kappa shape index (κ2) is 9.07. The standard InChI is InChI=1S/C20H23FN2O4S/c1-14-6-9-17(13-19(14)21)22-20(25)5-4-12-23(3)28(26,27)18-10-7-16(8-11-18)15(2)24/h6-11,13H,4-5,12H2,1-3H3,(H,22,25). The van der Waals surface area contributed by atoms with Crippen molar-refractivity contribution in [2.45, 2.75) is 31.6 Å². The Hall–Kier alpha value is -2.58. The van der Waals surface area contributed by atoms with Crippen molar-refractivity contribution in [2.75, 3.05) is 18.9 Å². The van der Waals surface area contributed by atoms with E-state index in [2.05, 4.69) is 5.32 Å². The normalized spacial score (nSPS) is 11.5. The Morgan fingerprint density at radius 3 is 2.32 bits per heavy atom. The Balaban J connectivity index is 1.89. The molecule has 2 aromatic rings. The summed E-state index contributed by atoms with van der Waals surface area (Å²) in [6.07, 6.45) is 0.403. The SMILES string of the molecule is CC(=O)c1ccc(S(=O)(=O)N(C)CCCC(=O)Nc2ccc(C)c(F)c2)cc1. The van der Waals surface area contributed by atoms with Crippen LogP contribution in [0.1, 0.15) is 35.7 Å². The Bertz CT molecular complexity index is 972. The molecule has 8 heteroatoms. The lowest BCUT2D eigenvalue weighted by Crippen LogP contribution is -2.28. The molecule has 2 aromatic carbocycles. The zero-order valence-corrected chi connectivity index (χ0v) is 16.8. The molecule has 1 amide bonds. The van der Waals surface area contributed by atoms with Gasteiger partial charge in [-0.25, -0.2) is 17.1 Å². The van der Waals surface area contributed by atoms with Gasteiger partial charge in [-0.2, -0.15) is 0 Å². The molecule has 1 N–H and O–H groups in total. The van der Waals surface area contributed by atoms with Crippen LogP contribution >= 0.6 is 0 Å². The van der Waals surface area contributed by atoms with Crippen LogP contribution in [0.4, 0.5) is 10.1 Å². The van der Waals surface area contributed by atoms with Crippen LogP contribution in [0.2, 0.25) is 0 Å². The minimum absolute atomic E-state index is 0.0829. The highest BCUT2D eigenvalue weighted by atomic mass is 32.2. The fraction of sp³-hybridized carbons (Fsp3) is 0.300. The van der Waals surface area contributed by atoms with Crippen LogP contribution in [-0.4, -0.2) is 38.0 Å². The zero-order chi connectivity index (χ0) is 20.9. The second-order valence-electron chi connectivity index (χ2n) is 6.52. The minimum Gasteiger partial charge on any atom is -0.326 e. The van der Waals surface area contributed by atoms with Gasteiger partial charge < -0.3 is 5.32 Å². The molecule has 150 valence electrons. The van der Waals surface area contributed by atoms with Crippen molar-refractivity contribution in [3.63, 3.8) is 0 Å². The summed E-state index contributed by atoms with van der Waals surface area (Å²) in [6, 6.07) is 10.1. The Morgan fingerprint density at radius 1 is 1.11 bits per heavy atom. The number of anilines is 1. The van der Waals surface area contributed by atoms with Gasteiger partial charge in [0.2, 0.25) is 15.9 Å². The molecular formula is C20H23FN2O4S. The zero-order valence-electron chi connectivity index (χ0n) is 16.0. The number of aryl methyl sites for hydroxylation is 1. The molecule has 2 rings (SSSR count). The van der Waals surface area contributed by atoms with Crippen molar-refractivity contribution in [1.29, 1.82) is 0 Å². The number of halogens is 1. The predicted octanol–water partition coefficient (Wildman–Crippen LogP) is 3.38. The van der Waals surface area contributed by atoms with Gasteiger partial charge in [0.25, 0.3) is 0 Å². The molecule has 0 aromatic heterocycles. The van der Waals surface area contributed by atoms with Crippen molar-refractivity contribution >= 4 is 27.4 Å². The lowest BCUT2D eigenvalue weighted by Gasteiger charge is -2.17. The van der Waals surface area contributed by atoms with E-state index in [9.17, 15) is 22.4 Å². The molecule has 0 saturated heterocycles. The fourth-order valence-electron chi connectivity index (χ4n) is 2.52. The summed E-state index contributed by atoms with van der Waals surface area (Å²) < 4.78 is 39.8. The number of hydrogen-bond donors (Lipinski definition) is 1. The summed E-state index contributed by atoms with van der Waals surface area (Å²) in [6.45, 7) is 3.18. The van der Waals surface area contributed by atoms with Crippen LogP contribution in [0.3, 0.4) is 0 Å². The van der Waals surface area contributed by atoms with E-state index in [0.29, 0.717) is 23.2 Å². The summed E-state index contributed by atoms with van der Waals surface area (Å²) >= 11 is 0. The van der Waals surface area contributed by atoms with Gasteiger partial charge in [0.05, 0.1) is 4.90 Å². The topological polar surface area (TPSA) is 83.6 Å². The molecular weight excluding hydrogens is 383 g/mol. The molecule has 0 fully saturated rings.